The van der Waals surface area contributed by atoms with Crippen LogP contribution in [0.25, 0.3) is 0 Å². The molecular weight excluding hydrogens is 259 g/mol. The molecule has 7 heteroatoms. The Kier molecular flexibility index (Phi) is 7.67. The van der Waals surface area contributed by atoms with Crippen molar-refractivity contribution >= 4 is 0 Å². The van der Waals surface area contributed by atoms with Crippen LogP contribution in [-0.2, 0) is 4.74 Å². The topological polar surface area (TPSA) is 41.7 Å². The summed E-state index contributed by atoms with van der Waals surface area (Å²) in [5.41, 5.74) is 5.47. The molecule has 4 nitrogen and oxygen atoms in total. The molecule has 1 fully saturated rings. The van der Waals surface area contributed by atoms with Gasteiger partial charge in [-0.05, 0) is 25.9 Å². The SMILES string of the molecule is NCCCN1CCN(CCCOCC(F)(F)F)CC1. The van der Waals surface area contributed by atoms with Crippen molar-refractivity contribution in [2.75, 3.05) is 59.0 Å². The molecular formula is C12H24F3N3O. The van der Waals surface area contributed by atoms with Crippen molar-refractivity contribution in [1.82, 2.24) is 9.80 Å². The van der Waals surface area contributed by atoms with E-state index < -0.39 is 12.8 Å². The average Bonchev–Trinajstić information content (AvgIpc) is 2.36. The molecule has 1 rings (SSSR count). The second-order valence-corrected chi connectivity index (χ2v) is 4.85. The first-order chi connectivity index (χ1) is 9.01. The standard InChI is InChI=1S/C12H24F3N3O/c13-12(14,15)11-19-10-2-5-18-8-6-17(7-9-18)4-1-3-16/h1-11,16H2. The quantitative estimate of drug-likeness (QED) is 0.673. The molecule has 0 bridgehead atoms. The highest BCUT2D eigenvalue weighted by molar-refractivity contribution is 4.71. The van der Waals surface area contributed by atoms with Gasteiger partial charge in [0.25, 0.3) is 0 Å². The molecule has 114 valence electrons. The zero-order chi connectivity index (χ0) is 14.1. The normalized spacial score (nSPS) is 18.9. The highest BCUT2D eigenvalue weighted by Gasteiger charge is 2.27. The summed E-state index contributed by atoms with van der Waals surface area (Å²) in [5, 5.41) is 0. The van der Waals surface area contributed by atoms with Crippen LogP contribution < -0.4 is 5.73 Å². The van der Waals surface area contributed by atoms with E-state index in [9.17, 15) is 13.2 Å². The Bertz CT molecular complexity index is 231. The average molecular weight is 283 g/mol. The number of alkyl halides is 3. The number of nitrogens with two attached hydrogens (primary N) is 1. The molecule has 0 aliphatic carbocycles. The first-order valence-corrected chi connectivity index (χ1v) is 6.80. The number of hydrogen-bond acceptors (Lipinski definition) is 4. The highest BCUT2D eigenvalue weighted by Crippen LogP contribution is 2.14. The van der Waals surface area contributed by atoms with E-state index in [0.29, 0.717) is 6.42 Å². The van der Waals surface area contributed by atoms with Crippen LogP contribution in [0.4, 0.5) is 13.2 Å². The Labute approximate surface area is 112 Å². The molecule has 0 amide bonds. The minimum atomic E-state index is -4.21. The number of piperazine rings is 1. The molecule has 0 spiro atoms. The van der Waals surface area contributed by atoms with Gasteiger partial charge in [0.2, 0.25) is 0 Å². The monoisotopic (exact) mass is 283 g/mol. The van der Waals surface area contributed by atoms with E-state index in [-0.39, 0.29) is 6.61 Å². The summed E-state index contributed by atoms with van der Waals surface area (Å²) in [4.78, 5) is 4.65. The van der Waals surface area contributed by atoms with Gasteiger partial charge in [-0.1, -0.05) is 0 Å². The molecule has 19 heavy (non-hydrogen) atoms. The van der Waals surface area contributed by atoms with Gasteiger partial charge in [0.15, 0.2) is 0 Å². The third-order valence-electron chi connectivity index (χ3n) is 3.17. The Balaban J connectivity index is 1.97. The molecule has 0 unspecified atom stereocenters. The molecule has 0 aromatic rings. The van der Waals surface area contributed by atoms with Crippen LogP contribution in [0.3, 0.4) is 0 Å². The molecule has 1 aliphatic rings. The summed E-state index contributed by atoms with van der Waals surface area (Å²) in [7, 11) is 0. The van der Waals surface area contributed by atoms with Gasteiger partial charge in [-0.3, -0.25) is 0 Å². The lowest BCUT2D eigenvalue weighted by Crippen LogP contribution is -2.47. The number of ether oxygens (including phenoxy) is 1. The van der Waals surface area contributed by atoms with E-state index in [1.165, 1.54) is 0 Å². The van der Waals surface area contributed by atoms with Gasteiger partial charge in [0.1, 0.15) is 6.61 Å². The molecule has 1 saturated heterocycles. The summed E-state index contributed by atoms with van der Waals surface area (Å²) in [6, 6.07) is 0. The fourth-order valence-corrected chi connectivity index (χ4v) is 2.13. The van der Waals surface area contributed by atoms with Crippen LogP contribution in [0.5, 0.6) is 0 Å². The van der Waals surface area contributed by atoms with Crippen molar-refractivity contribution in [1.29, 1.82) is 0 Å². The van der Waals surface area contributed by atoms with Crippen molar-refractivity contribution in [3.63, 3.8) is 0 Å². The predicted octanol–water partition coefficient (Wildman–Crippen LogP) is 0.922. The van der Waals surface area contributed by atoms with E-state index >= 15 is 0 Å². The Morgan fingerprint density at radius 3 is 1.95 bits per heavy atom. The van der Waals surface area contributed by atoms with Crippen LogP contribution >= 0.6 is 0 Å². The van der Waals surface area contributed by atoms with Gasteiger partial charge in [-0.2, -0.15) is 13.2 Å². The lowest BCUT2D eigenvalue weighted by atomic mass is 10.2. The minimum absolute atomic E-state index is 0.174. The van der Waals surface area contributed by atoms with E-state index in [1.54, 1.807) is 0 Å². The van der Waals surface area contributed by atoms with E-state index in [4.69, 9.17) is 5.73 Å². The summed E-state index contributed by atoms with van der Waals surface area (Å²) in [6.45, 7) is 5.59. The third-order valence-corrected chi connectivity index (χ3v) is 3.17. The van der Waals surface area contributed by atoms with Crippen LogP contribution in [-0.4, -0.2) is 75.0 Å². The molecule has 2 N–H and O–H groups in total. The summed E-state index contributed by atoms with van der Waals surface area (Å²) in [5.74, 6) is 0. The zero-order valence-electron chi connectivity index (χ0n) is 11.3. The maximum Gasteiger partial charge on any atom is 0.411 e. The van der Waals surface area contributed by atoms with Crippen molar-refractivity contribution in [2.24, 2.45) is 5.73 Å². The largest absolute Gasteiger partial charge is 0.411 e. The molecule has 0 saturated carbocycles. The Morgan fingerprint density at radius 1 is 0.947 bits per heavy atom. The third kappa shape index (κ3) is 8.41. The van der Waals surface area contributed by atoms with E-state index in [2.05, 4.69) is 14.5 Å². The Hall–Kier alpha value is -0.370. The molecule has 0 aromatic carbocycles. The second-order valence-electron chi connectivity index (χ2n) is 4.85. The first kappa shape index (κ1) is 16.7. The van der Waals surface area contributed by atoms with Crippen molar-refractivity contribution < 1.29 is 17.9 Å². The van der Waals surface area contributed by atoms with Gasteiger partial charge in [-0.25, -0.2) is 0 Å². The number of nitrogens with zero attached hydrogens (tertiary/aromatic N) is 2. The van der Waals surface area contributed by atoms with Crippen molar-refractivity contribution in [3.8, 4) is 0 Å². The summed E-state index contributed by atoms with van der Waals surface area (Å²) < 4.78 is 40.1. The number of hydrogen-bond donors (Lipinski definition) is 1. The van der Waals surface area contributed by atoms with Crippen molar-refractivity contribution in [2.45, 2.75) is 19.0 Å². The highest BCUT2D eigenvalue weighted by atomic mass is 19.4. The maximum absolute atomic E-state index is 11.8. The van der Waals surface area contributed by atoms with Gasteiger partial charge >= 0.3 is 6.18 Å². The molecule has 0 radical (unpaired) electrons. The van der Waals surface area contributed by atoms with Crippen molar-refractivity contribution in [3.05, 3.63) is 0 Å². The van der Waals surface area contributed by atoms with Gasteiger partial charge in [0, 0.05) is 39.3 Å². The predicted molar refractivity (Wildman–Crippen MR) is 68.0 cm³/mol. The first-order valence-electron chi connectivity index (χ1n) is 6.80. The smallest absolute Gasteiger partial charge is 0.372 e. The lowest BCUT2D eigenvalue weighted by Gasteiger charge is -2.34. The number of halogens is 3. The van der Waals surface area contributed by atoms with Gasteiger partial charge in [-0.15, -0.1) is 0 Å². The number of rotatable bonds is 8. The molecule has 1 heterocycles. The lowest BCUT2D eigenvalue weighted by molar-refractivity contribution is -0.174. The van der Waals surface area contributed by atoms with Crippen LogP contribution in [0, 0.1) is 0 Å². The summed E-state index contributed by atoms with van der Waals surface area (Å²) in [6.07, 6.45) is -2.54. The Morgan fingerprint density at radius 2 is 1.47 bits per heavy atom. The van der Waals surface area contributed by atoms with E-state index in [0.717, 1.165) is 52.2 Å². The van der Waals surface area contributed by atoms with E-state index in [1.807, 2.05) is 0 Å². The van der Waals surface area contributed by atoms with Gasteiger partial charge in [0.05, 0.1) is 0 Å². The van der Waals surface area contributed by atoms with Crippen LogP contribution in [0.1, 0.15) is 12.8 Å². The molecule has 0 atom stereocenters. The molecule has 0 aromatic heterocycles. The fourth-order valence-electron chi connectivity index (χ4n) is 2.13. The zero-order valence-corrected chi connectivity index (χ0v) is 11.3. The maximum atomic E-state index is 11.8. The summed E-state index contributed by atoms with van der Waals surface area (Å²) >= 11 is 0. The minimum Gasteiger partial charge on any atom is -0.372 e. The second kappa shape index (κ2) is 8.73. The fraction of sp³-hybridized carbons (Fsp3) is 1.00. The molecule has 1 aliphatic heterocycles. The van der Waals surface area contributed by atoms with Gasteiger partial charge < -0.3 is 20.3 Å². The van der Waals surface area contributed by atoms with Crippen LogP contribution in [0.15, 0.2) is 0 Å². The van der Waals surface area contributed by atoms with Crippen LogP contribution in [0.2, 0.25) is 0 Å².